The van der Waals surface area contributed by atoms with Gasteiger partial charge < -0.3 is 11.1 Å². The number of pyridine rings is 1. The highest BCUT2D eigenvalue weighted by Gasteiger charge is 1.99. The summed E-state index contributed by atoms with van der Waals surface area (Å²) in [6, 6.07) is 3.89. The first-order valence-corrected chi connectivity index (χ1v) is 5.18. The average Bonchev–Trinajstić information content (AvgIpc) is 2.28. The van der Waals surface area contributed by atoms with Crippen molar-refractivity contribution in [1.29, 1.82) is 0 Å². The summed E-state index contributed by atoms with van der Waals surface area (Å²) >= 11 is 0. The molecule has 0 aromatic carbocycles. The fourth-order valence-electron chi connectivity index (χ4n) is 1.24. The van der Waals surface area contributed by atoms with Crippen LogP contribution in [0.3, 0.4) is 0 Å². The molecule has 1 aromatic heterocycles. The molecule has 0 atom stereocenters. The zero-order valence-electron chi connectivity index (χ0n) is 8.78. The van der Waals surface area contributed by atoms with Gasteiger partial charge >= 0.3 is 0 Å². The summed E-state index contributed by atoms with van der Waals surface area (Å²) in [5.74, 6) is 0.0735. The van der Waals surface area contributed by atoms with Gasteiger partial charge in [-0.2, -0.15) is 0 Å². The Morgan fingerprint density at radius 2 is 2.40 bits per heavy atom. The van der Waals surface area contributed by atoms with E-state index in [-0.39, 0.29) is 5.91 Å². The first-order chi connectivity index (χ1) is 7.33. The summed E-state index contributed by atoms with van der Waals surface area (Å²) in [5, 5.41) is 2.84. The van der Waals surface area contributed by atoms with Gasteiger partial charge in [-0.1, -0.05) is 6.07 Å². The minimum atomic E-state index is 0.0735. The second kappa shape index (κ2) is 6.95. The van der Waals surface area contributed by atoms with Crippen LogP contribution >= 0.6 is 0 Å². The fraction of sp³-hybridized carbons (Fsp3) is 0.455. The standard InChI is InChI=1S/C11H17N3O/c12-6-1-4-11(15)14-8-5-10-3-2-7-13-9-10/h2-3,7,9H,1,4-6,8,12H2,(H,14,15). The molecule has 0 saturated heterocycles. The lowest BCUT2D eigenvalue weighted by Gasteiger charge is -2.04. The lowest BCUT2D eigenvalue weighted by atomic mass is 10.2. The molecule has 0 unspecified atom stereocenters. The Kier molecular flexibility index (Phi) is 5.40. The Morgan fingerprint density at radius 3 is 3.07 bits per heavy atom. The van der Waals surface area contributed by atoms with Crippen molar-refractivity contribution in [3.05, 3.63) is 30.1 Å². The molecule has 4 heteroatoms. The predicted octanol–water partition coefficient (Wildman–Crippen LogP) is 0.479. The molecule has 4 nitrogen and oxygen atoms in total. The zero-order valence-corrected chi connectivity index (χ0v) is 8.78. The number of aromatic nitrogens is 1. The van der Waals surface area contributed by atoms with Gasteiger partial charge in [-0.15, -0.1) is 0 Å². The smallest absolute Gasteiger partial charge is 0.220 e. The van der Waals surface area contributed by atoms with Crippen molar-refractivity contribution in [2.45, 2.75) is 19.3 Å². The third-order valence-corrected chi connectivity index (χ3v) is 2.07. The summed E-state index contributed by atoms with van der Waals surface area (Å²) in [6.45, 7) is 1.23. The second-order valence-electron chi connectivity index (χ2n) is 3.35. The van der Waals surface area contributed by atoms with Crippen LogP contribution in [0.1, 0.15) is 18.4 Å². The van der Waals surface area contributed by atoms with Crippen LogP contribution in [0.15, 0.2) is 24.5 Å². The zero-order chi connectivity index (χ0) is 10.9. The molecule has 0 fully saturated rings. The normalized spacial score (nSPS) is 9.93. The fourth-order valence-corrected chi connectivity index (χ4v) is 1.24. The molecule has 0 aliphatic rings. The summed E-state index contributed by atoms with van der Waals surface area (Å²) in [5.41, 5.74) is 6.44. The molecule has 1 heterocycles. The SMILES string of the molecule is NCCCC(=O)NCCc1cccnc1. The number of hydrogen-bond donors (Lipinski definition) is 2. The maximum atomic E-state index is 11.2. The molecule has 0 radical (unpaired) electrons. The summed E-state index contributed by atoms with van der Waals surface area (Å²) in [6.07, 6.45) is 5.64. The number of nitrogens with one attached hydrogen (secondary N) is 1. The molecule has 0 aliphatic heterocycles. The van der Waals surface area contributed by atoms with Gasteiger partial charge in [-0.25, -0.2) is 0 Å². The topological polar surface area (TPSA) is 68.0 Å². The van der Waals surface area contributed by atoms with E-state index in [9.17, 15) is 4.79 Å². The van der Waals surface area contributed by atoms with Crippen molar-refractivity contribution in [2.24, 2.45) is 5.73 Å². The second-order valence-corrected chi connectivity index (χ2v) is 3.35. The molecule has 82 valence electrons. The maximum Gasteiger partial charge on any atom is 0.220 e. The lowest BCUT2D eigenvalue weighted by molar-refractivity contribution is -0.121. The molecule has 1 amide bonds. The Labute approximate surface area is 89.9 Å². The van der Waals surface area contributed by atoms with Crippen LogP contribution < -0.4 is 11.1 Å². The van der Waals surface area contributed by atoms with Crippen molar-refractivity contribution in [3.63, 3.8) is 0 Å². The molecule has 1 aromatic rings. The van der Waals surface area contributed by atoms with Crippen molar-refractivity contribution in [1.82, 2.24) is 10.3 Å². The van der Waals surface area contributed by atoms with Crippen molar-refractivity contribution in [2.75, 3.05) is 13.1 Å². The van der Waals surface area contributed by atoms with Crippen LogP contribution in [0.5, 0.6) is 0 Å². The van der Waals surface area contributed by atoms with Gasteiger partial charge in [0.1, 0.15) is 0 Å². The molecule has 0 spiro atoms. The van der Waals surface area contributed by atoms with Crippen LogP contribution in [0.4, 0.5) is 0 Å². The first kappa shape index (κ1) is 11.7. The van der Waals surface area contributed by atoms with Crippen LogP contribution in [-0.4, -0.2) is 24.0 Å². The van der Waals surface area contributed by atoms with E-state index < -0.39 is 0 Å². The number of carbonyl (C=O) groups excluding carboxylic acids is 1. The number of rotatable bonds is 6. The Bertz CT molecular complexity index is 287. The molecular weight excluding hydrogens is 190 g/mol. The summed E-state index contributed by atoms with van der Waals surface area (Å²) < 4.78 is 0. The molecule has 15 heavy (non-hydrogen) atoms. The van der Waals surface area contributed by atoms with E-state index in [0.717, 1.165) is 18.4 Å². The van der Waals surface area contributed by atoms with Gasteiger partial charge in [0.05, 0.1) is 0 Å². The van der Waals surface area contributed by atoms with Crippen molar-refractivity contribution in [3.8, 4) is 0 Å². The Balaban J connectivity index is 2.14. The highest BCUT2D eigenvalue weighted by molar-refractivity contribution is 5.75. The predicted molar refractivity (Wildman–Crippen MR) is 59.2 cm³/mol. The van der Waals surface area contributed by atoms with Gasteiger partial charge in [0, 0.05) is 25.4 Å². The first-order valence-electron chi connectivity index (χ1n) is 5.18. The van der Waals surface area contributed by atoms with E-state index in [2.05, 4.69) is 10.3 Å². The lowest BCUT2D eigenvalue weighted by Crippen LogP contribution is -2.25. The Morgan fingerprint density at radius 1 is 1.53 bits per heavy atom. The Hall–Kier alpha value is -1.42. The van der Waals surface area contributed by atoms with Crippen LogP contribution in [0.2, 0.25) is 0 Å². The van der Waals surface area contributed by atoms with Gasteiger partial charge in [0.2, 0.25) is 5.91 Å². The summed E-state index contributed by atoms with van der Waals surface area (Å²) in [7, 11) is 0. The number of hydrogen-bond acceptors (Lipinski definition) is 3. The van der Waals surface area contributed by atoms with Gasteiger partial charge in [0.25, 0.3) is 0 Å². The molecule has 0 bridgehead atoms. The number of carbonyl (C=O) groups is 1. The molecule has 0 aliphatic carbocycles. The number of amides is 1. The highest BCUT2D eigenvalue weighted by atomic mass is 16.1. The molecular formula is C11H17N3O. The van der Waals surface area contributed by atoms with Crippen LogP contribution in [-0.2, 0) is 11.2 Å². The maximum absolute atomic E-state index is 11.2. The van der Waals surface area contributed by atoms with Crippen molar-refractivity contribution < 1.29 is 4.79 Å². The summed E-state index contributed by atoms with van der Waals surface area (Å²) in [4.78, 5) is 15.2. The van der Waals surface area contributed by atoms with Gasteiger partial charge in [-0.05, 0) is 31.0 Å². The van der Waals surface area contributed by atoms with E-state index in [1.165, 1.54) is 0 Å². The van der Waals surface area contributed by atoms with E-state index in [0.29, 0.717) is 19.5 Å². The van der Waals surface area contributed by atoms with E-state index in [4.69, 9.17) is 5.73 Å². The van der Waals surface area contributed by atoms with Gasteiger partial charge in [0.15, 0.2) is 0 Å². The largest absolute Gasteiger partial charge is 0.356 e. The van der Waals surface area contributed by atoms with Gasteiger partial charge in [-0.3, -0.25) is 9.78 Å². The van der Waals surface area contributed by atoms with E-state index in [1.54, 1.807) is 6.20 Å². The van der Waals surface area contributed by atoms with Crippen molar-refractivity contribution >= 4 is 5.91 Å². The quantitative estimate of drug-likeness (QED) is 0.713. The average molecular weight is 207 g/mol. The number of nitrogens with zero attached hydrogens (tertiary/aromatic N) is 1. The molecule has 1 rings (SSSR count). The minimum Gasteiger partial charge on any atom is -0.356 e. The van der Waals surface area contributed by atoms with Crippen LogP contribution in [0.25, 0.3) is 0 Å². The molecule has 0 saturated carbocycles. The van der Waals surface area contributed by atoms with Crippen LogP contribution in [0, 0.1) is 0 Å². The monoisotopic (exact) mass is 207 g/mol. The highest BCUT2D eigenvalue weighted by Crippen LogP contribution is 1.95. The molecule has 3 N–H and O–H groups in total. The van der Waals surface area contributed by atoms with E-state index >= 15 is 0 Å². The van der Waals surface area contributed by atoms with E-state index in [1.807, 2.05) is 18.3 Å². The minimum absolute atomic E-state index is 0.0735. The number of nitrogens with two attached hydrogens (primary N) is 1. The third-order valence-electron chi connectivity index (χ3n) is 2.07. The third kappa shape index (κ3) is 5.12.